The zero-order valence-corrected chi connectivity index (χ0v) is 11.6. The van der Waals surface area contributed by atoms with Crippen molar-refractivity contribution in [3.63, 3.8) is 0 Å². The number of nitrogens with zero attached hydrogens (tertiary/aromatic N) is 2. The van der Waals surface area contributed by atoms with Crippen LogP contribution in [0.5, 0.6) is 0 Å². The number of carboxylic acid groups (broad SMARTS) is 4. The van der Waals surface area contributed by atoms with E-state index in [-0.39, 0.29) is 13.1 Å². The molecule has 0 aromatic carbocycles. The molecule has 0 fully saturated rings. The molecule has 0 rings (SSSR count). The summed E-state index contributed by atoms with van der Waals surface area (Å²) < 4.78 is 0. The Kier molecular flexibility index (Phi) is 8.67. The molecule has 0 saturated heterocycles. The minimum absolute atomic E-state index is 0.185. The van der Waals surface area contributed by atoms with Gasteiger partial charge in [-0.2, -0.15) is 0 Å². The highest BCUT2D eigenvalue weighted by atomic mass is 16.4. The molecule has 0 aliphatic rings. The van der Waals surface area contributed by atoms with Crippen molar-refractivity contribution in [2.45, 2.75) is 6.04 Å². The molecule has 0 amide bonds. The van der Waals surface area contributed by atoms with Gasteiger partial charge in [0, 0.05) is 13.1 Å². The highest BCUT2D eigenvalue weighted by Crippen LogP contribution is 2.01. The number of aliphatic hydroxyl groups excluding tert-OH is 1. The lowest BCUT2D eigenvalue weighted by Crippen LogP contribution is -2.50. The molecule has 11 heteroatoms. The van der Waals surface area contributed by atoms with Gasteiger partial charge < -0.3 is 25.5 Å². The van der Waals surface area contributed by atoms with Gasteiger partial charge in [-0.15, -0.1) is 0 Å². The zero-order valence-electron chi connectivity index (χ0n) is 11.6. The van der Waals surface area contributed by atoms with Crippen LogP contribution >= 0.6 is 0 Å². The Bertz CT molecular complexity index is 410. The summed E-state index contributed by atoms with van der Waals surface area (Å²) in [6.45, 7) is -3.12. The Morgan fingerprint density at radius 2 is 1.23 bits per heavy atom. The second kappa shape index (κ2) is 9.65. The standard InChI is InChI=1S/C11H18N2O9/c14-6-7(11(21)22)13(5-10(19)20)2-1-12(3-8(15)16)4-9(17)18/h7,14H,1-6H2,(H,15,16)(H,17,18)(H,19,20)(H,21,22). The van der Waals surface area contributed by atoms with Crippen LogP contribution in [0.4, 0.5) is 0 Å². The fraction of sp³-hybridized carbons (Fsp3) is 0.636. The molecule has 0 bridgehead atoms. The van der Waals surface area contributed by atoms with E-state index in [2.05, 4.69) is 0 Å². The molecule has 22 heavy (non-hydrogen) atoms. The SMILES string of the molecule is O=C(O)CN(CCN(CC(=O)O)C(CO)C(=O)O)CC(=O)O. The monoisotopic (exact) mass is 322 g/mol. The van der Waals surface area contributed by atoms with E-state index < -0.39 is 56.2 Å². The molecule has 0 radical (unpaired) electrons. The summed E-state index contributed by atoms with van der Waals surface area (Å²) in [7, 11) is 0. The second-order valence-corrected chi connectivity index (χ2v) is 4.40. The van der Waals surface area contributed by atoms with Gasteiger partial charge in [0.1, 0.15) is 6.04 Å². The first-order valence-electron chi connectivity index (χ1n) is 6.12. The van der Waals surface area contributed by atoms with Crippen molar-refractivity contribution >= 4 is 23.9 Å². The molecule has 11 nitrogen and oxygen atoms in total. The third-order valence-electron chi connectivity index (χ3n) is 2.66. The van der Waals surface area contributed by atoms with Crippen molar-refractivity contribution in [3.05, 3.63) is 0 Å². The molecule has 0 aromatic rings. The van der Waals surface area contributed by atoms with Crippen molar-refractivity contribution in [1.29, 1.82) is 0 Å². The molecular weight excluding hydrogens is 304 g/mol. The number of carbonyl (C=O) groups is 4. The van der Waals surface area contributed by atoms with Crippen molar-refractivity contribution in [1.82, 2.24) is 9.80 Å². The van der Waals surface area contributed by atoms with E-state index >= 15 is 0 Å². The number of aliphatic hydroxyl groups is 1. The normalized spacial score (nSPS) is 12.3. The molecule has 0 aromatic heterocycles. The van der Waals surface area contributed by atoms with Gasteiger partial charge in [-0.25, -0.2) is 0 Å². The van der Waals surface area contributed by atoms with Crippen molar-refractivity contribution in [2.75, 3.05) is 39.3 Å². The maximum Gasteiger partial charge on any atom is 0.323 e. The Hall–Kier alpha value is -2.24. The molecule has 1 atom stereocenters. The van der Waals surface area contributed by atoms with E-state index in [9.17, 15) is 19.2 Å². The second-order valence-electron chi connectivity index (χ2n) is 4.40. The average Bonchev–Trinajstić information content (AvgIpc) is 2.33. The Morgan fingerprint density at radius 1 is 0.773 bits per heavy atom. The van der Waals surface area contributed by atoms with Crippen LogP contribution < -0.4 is 0 Å². The Balaban J connectivity index is 4.87. The van der Waals surface area contributed by atoms with E-state index in [1.807, 2.05) is 0 Å². The lowest BCUT2D eigenvalue weighted by molar-refractivity contribution is -0.149. The van der Waals surface area contributed by atoms with Gasteiger partial charge in [-0.1, -0.05) is 0 Å². The zero-order chi connectivity index (χ0) is 17.3. The molecule has 1 unspecified atom stereocenters. The van der Waals surface area contributed by atoms with Crippen LogP contribution in [0, 0.1) is 0 Å². The van der Waals surface area contributed by atoms with Crippen LogP contribution in [-0.4, -0.2) is 105 Å². The van der Waals surface area contributed by atoms with Gasteiger partial charge in [0.25, 0.3) is 0 Å². The van der Waals surface area contributed by atoms with Crippen molar-refractivity contribution in [3.8, 4) is 0 Å². The molecule has 0 saturated carbocycles. The highest BCUT2D eigenvalue weighted by molar-refractivity contribution is 5.75. The molecule has 0 aliphatic carbocycles. The summed E-state index contributed by atoms with van der Waals surface area (Å²) in [5, 5.41) is 44.0. The number of aliphatic carboxylic acids is 4. The lowest BCUT2D eigenvalue weighted by Gasteiger charge is -2.28. The summed E-state index contributed by atoms with van der Waals surface area (Å²) in [4.78, 5) is 44.9. The minimum Gasteiger partial charge on any atom is -0.480 e. The highest BCUT2D eigenvalue weighted by Gasteiger charge is 2.27. The fourth-order valence-electron chi connectivity index (χ4n) is 1.74. The van der Waals surface area contributed by atoms with Crippen molar-refractivity contribution in [2.24, 2.45) is 0 Å². The molecule has 126 valence electrons. The minimum atomic E-state index is -1.48. The molecule has 0 spiro atoms. The first-order valence-corrected chi connectivity index (χ1v) is 6.12. The van der Waals surface area contributed by atoms with E-state index in [0.717, 1.165) is 9.80 Å². The third kappa shape index (κ3) is 8.14. The lowest BCUT2D eigenvalue weighted by atomic mass is 10.2. The van der Waals surface area contributed by atoms with Gasteiger partial charge >= 0.3 is 23.9 Å². The van der Waals surface area contributed by atoms with Crippen LogP contribution in [0.1, 0.15) is 0 Å². The van der Waals surface area contributed by atoms with E-state index in [0.29, 0.717) is 0 Å². The quantitative estimate of drug-likeness (QED) is 0.252. The average molecular weight is 322 g/mol. The topological polar surface area (TPSA) is 176 Å². The maximum absolute atomic E-state index is 11.0. The van der Waals surface area contributed by atoms with Gasteiger partial charge in [-0.3, -0.25) is 29.0 Å². The number of rotatable bonds is 12. The van der Waals surface area contributed by atoms with E-state index in [1.165, 1.54) is 0 Å². The number of hydrogen-bond donors (Lipinski definition) is 5. The first-order chi connectivity index (χ1) is 10.2. The predicted octanol–water partition coefficient (Wildman–Crippen LogP) is -2.71. The molecule has 0 heterocycles. The molecular formula is C11H18N2O9. The largest absolute Gasteiger partial charge is 0.480 e. The third-order valence-corrected chi connectivity index (χ3v) is 2.66. The van der Waals surface area contributed by atoms with Gasteiger partial charge in [-0.05, 0) is 0 Å². The Morgan fingerprint density at radius 3 is 1.55 bits per heavy atom. The van der Waals surface area contributed by atoms with Crippen LogP contribution in [0.25, 0.3) is 0 Å². The predicted molar refractivity (Wildman–Crippen MR) is 69.4 cm³/mol. The van der Waals surface area contributed by atoms with Crippen LogP contribution in [0.2, 0.25) is 0 Å². The van der Waals surface area contributed by atoms with Crippen LogP contribution in [-0.2, 0) is 19.2 Å². The molecule has 0 aliphatic heterocycles. The van der Waals surface area contributed by atoms with Crippen LogP contribution in [0.3, 0.4) is 0 Å². The summed E-state index contributed by atoms with van der Waals surface area (Å²) in [6.07, 6.45) is 0. The van der Waals surface area contributed by atoms with Gasteiger partial charge in [0.15, 0.2) is 0 Å². The summed E-state index contributed by atoms with van der Waals surface area (Å²) in [5.74, 6) is -5.32. The van der Waals surface area contributed by atoms with Gasteiger partial charge in [0.2, 0.25) is 0 Å². The van der Waals surface area contributed by atoms with Gasteiger partial charge in [0.05, 0.1) is 26.2 Å². The summed E-state index contributed by atoms with van der Waals surface area (Å²) in [5.41, 5.74) is 0. The van der Waals surface area contributed by atoms with E-state index in [4.69, 9.17) is 25.5 Å². The van der Waals surface area contributed by atoms with Crippen molar-refractivity contribution < 1.29 is 44.7 Å². The maximum atomic E-state index is 11.0. The fourth-order valence-corrected chi connectivity index (χ4v) is 1.74. The number of hydrogen-bond acceptors (Lipinski definition) is 7. The summed E-state index contributed by atoms with van der Waals surface area (Å²) in [6, 6.07) is -1.48. The van der Waals surface area contributed by atoms with Crippen LogP contribution in [0.15, 0.2) is 0 Å². The first kappa shape index (κ1) is 19.8. The molecule has 5 N–H and O–H groups in total. The number of carboxylic acids is 4. The summed E-state index contributed by atoms with van der Waals surface area (Å²) >= 11 is 0. The smallest absolute Gasteiger partial charge is 0.323 e. The van der Waals surface area contributed by atoms with E-state index in [1.54, 1.807) is 0 Å². The Labute approximate surface area is 125 Å².